The van der Waals surface area contributed by atoms with Gasteiger partial charge in [-0.2, -0.15) is 0 Å². The average Bonchev–Trinajstić information content (AvgIpc) is 0.765. The summed E-state index contributed by atoms with van der Waals surface area (Å²) < 4.78 is 12.9. The molecule has 24 heteroatoms. The predicted molar refractivity (Wildman–Crippen MR) is 474 cm³/mol. The molecule has 4 unspecified atom stereocenters. The van der Waals surface area contributed by atoms with Crippen molar-refractivity contribution in [2.24, 2.45) is 17.8 Å². The van der Waals surface area contributed by atoms with Crippen LogP contribution in [-0.2, 0) is 28.7 Å². The van der Waals surface area contributed by atoms with Crippen LogP contribution in [0.2, 0.25) is 20.1 Å². The summed E-state index contributed by atoms with van der Waals surface area (Å²) in [4.78, 5) is 76.4. The molecule has 0 amide bonds. The zero-order chi connectivity index (χ0) is 83.1. The largest absolute Gasteiger partial charge is 0.480 e. The third-order valence-corrected chi connectivity index (χ3v) is 23.8. The molecule has 10 aromatic rings. The molecule has 0 aliphatic carbocycles. The SMILES string of the molecule is Nc1ccccc1.O=C(CBr)c1ccccc1.O=C(C[N+]12CCC(CC1)[C@@H](OC(=O)C(Nc1ccccc1)c1ccc(Cl)cc1)C2)c1ccccc1.O=C(O)C(Br)c1ccc(Cl)cc1.O=C(O)C(Nc1ccccc1)c1ccc(Cl)cc1.O=C(O[C@H]1CN2CCC1CC2)C(Nc1ccccc1)c1ccc(Cl)cc1.O[C@H]1CN2CCC1CC2. The van der Waals surface area contributed by atoms with Crippen LogP contribution >= 0.6 is 78.3 Å². The van der Waals surface area contributed by atoms with Crippen molar-refractivity contribution in [2.75, 3.05) is 92.5 Å². The fourth-order valence-corrected chi connectivity index (χ4v) is 16.0. The number of nitrogen functional groups attached to an aromatic ring is 1. The quantitative estimate of drug-likeness (QED) is 0.0116. The third-order valence-electron chi connectivity index (χ3n) is 21.3. The lowest BCUT2D eigenvalue weighted by atomic mass is 9.82. The van der Waals surface area contributed by atoms with Crippen molar-refractivity contribution in [2.45, 2.75) is 79.8 Å². The second-order valence-corrected chi connectivity index (χ2v) is 32.7. The Balaban J connectivity index is 0.000000155. The number of aliphatic hydroxyl groups is 1. The summed E-state index contributed by atoms with van der Waals surface area (Å²) >= 11 is 29.7. The van der Waals surface area contributed by atoms with Crippen molar-refractivity contribution in [3.8, 4) is 0 Å². The number of nitrogens with zero attached hydrogens (tertiary/aromatic N) is 3. The summed E-state index contributed by atoms with van der Waals surface area (Å²) in [5.74, 6) is -0.618. The molecule has 18 nitrogen and oxygen atoms in total. The highest BCUT2D eigenvalue weighted by atomic mass is 79.9. The number of halogens is 6. The van der Waals surface area contributed by atoms with Crippen LogP contribution in [0.3, 0.4) is 0 Å². The van der Waals surface area contributed by atoms with E-state index in [1.165, 1.54) is 25.9 Å². The summed E-state index contributed by atoms with van der Waals surface area (Å²) in [5, 5.41) is 39.7. The van der Waals surface area contributed by atoms with Crippen molar-refractivity contribution in [1.29, 1.82) is 0 Å². The molecule has 10 aromatic carbocycles. The number of nitrogens with two attached hydrogens (primary N) is 1. The van der Waals surface area contributed by atoms with Crippen molar-refractivity contribution in [1.82, 2.24) is 9.80 Å². The lowest BCUT2D eigenvalue weighted by molar-refractivity contribution is -0.938. The first kappa shape index (κ1) is 89.9. The normalized spacial score (nSPS) is 21.1. The highest BCUT2D eigenvalue weighted by molar-refractivity contribution is 9.09. The molecular formula is C93H98Br2Cl4N7O11+. The summed E-state index contributed by atoms with van der Waals surface area (Å²) in [6, 6.07) is 82.9. The molecule has 9 saturated heterocycles. The Morgan fingerprint density at radius 1 is 0.419 bits per heavy atom. The molecule has 9 fully saturated rings. The summed E-state index contributed by atoms with van der Waals surface area (Å²) in [7, 11) is 0. The number of carbonyl (C=O) groups is 6. The fraction of sp³-hybridized carbons (Fsp3) is 0.290. The average molecular weight is 1790 g/mol. The van der Waals surface area contributed by atoms with Crippen LogP contribution in [0.5, 0.6) is 0 Å². The number of ether oxygens (including phenoxy) is 2. The van der Waals surface area contributed by atoms with E-state index in [4.69, 9.17) is 66.7 Å². The predicted octanol–water partition coefficient (Wildman–Crippen LogP) is 19.7. The highest BCUT2D eigenvalue weighted by Crippen LogP contribution is 2.38. The van der Waals surface area contributed by atoms with Crippen LogP contribution in [-0.4, -0.2) is 154 Å². The van der Waals surface area contributed by atoms with E-state index in [1.807, 2.05) is 206 Å². The second kappa shape index (κ2) is 46.1. The summed E-state index contributed by atoms with van der Waals surface area (Å²) in [6.07, 6.45) is 6.43. The Morgan fingerprint density at radius 3 is 1.08 bits per heavy atom. The molecule has 9 heterocycles. The van der Waals surface area contributed by atoms with E-state index in [2.05, 4.69) is 57.6 Å². The first-order valence-corrected chi connectivity index (χ1v) is 42.6. The van der Waals surface area contributed by atoms with Crippen LogP contribution in [0.15, 0.2) is 279 Å². The standard InChI is InChI=1S/C29H30ClN2O3.C21H23ClN2O2.C14H12ClNO2.C8H6BrClO2.C8H7BrO.C7H13NO.C6H7N/c30-24-13-11-23(12-14-24)28(31-25-9-5-2-6-10-25)29(34)35-27-20-32(17-15-22(27)16-18-32)19-26(33)21-7-3-1-4-8-21;22-17-8-6-16(7-9-17)20(23-18-4-2-1-3-5-18)21(25)26-19-14-24-12-10-15(19)11-13-24;15-11-8-6-10(7-9-11)13(14(17)18)16-12-4-2-1-3-5-12;9-7(8(11)12)5-1-3-6(10)4-2-5;9-6-8(10)7-4-2-1-3-5-7;9-7-5-8-3-1-6(7)2-4-8;7-6-4-2-1-3-5-6/h1-14,22,27-28,31H,15-20H2;1-9,15,19-20,23H,10-14H2;1-9,13,16H,(H,17,18);1-4,7H,(H,11,12);1-5H,6H2;6-7,9H,1-5H2;1-5H,7H2/q+1;;;;;;/t22?,27-,28?,32?;19-,20?;;;;7-;/m00...0./s1. The molecule has 612 valence electrons. The van der Waals surface area contributed by atoms with Crippen LogP contribution in [0.25, 0.3) is 0 Å². The Labute approximate surface area is 721 Å². The van der Waals surface area contributed by atoms with Crippen LogP contribution in [0.1, 0.15) is 104 Å². The fourth-order valence-electron chi connectivity index (χ4n) is 14.9. The molecule has 117 heavy (non-hydrogen) atoms. The minimum absolute atomic E-state index is 0.00243. The number of anilines is 4. The number of nitrogens with one attached hydrogen (secondary N) is 3. The summed E-state index contributed by atoms with van der Waals surface area (Å²) in [5.41, 5.74) is 13.2. The number of rotatable bonds is 21. The molecule has 0 radical (unpaired) electrons. The third kappa shape index (κ3) is 28.4. The maximum Gasteiger partial charge on any atom is 0.333 e. The summed E-state index contributed by atoms with van der Waals surface area (Å²) in [6.45, 7) is 9.55. The van der Waals surface area contributed by atoms with E-state index in [-0.39, 0.29) is 41.8 Å². The number of aliphatic hydroxyl groups excluding tert-OH is 1. The van der Waals surface area contributed by atoms with Gasteiger partial charge in [-0.15, -0.1) is 0 Å². The van der Waals surface area contributed by atoms with Crippen LogP contribution in [0.4, 0.5) is 22.7 Å². The molecule has 9 aliphatic heterocycles. The maximum absolute atomic E-state index is 13.5. The highest BCUT2D eigenvalue weighted by Gasteiger charge is 2.49. The number of para-hydroxylation sites is 4. The molecule has 0 spiro atoms. The van der Waals surface area contributed by atoms with Gasteiger partial charge in [-0.05, 0) is 183 Å². The lowest BCUT2D eigenvalue weighted by Gasteiger charge is -2.51. The number of benzene rings is 10. The Kier molecular flexibility index (Phi) is 35.4. The van der Waals surface area contributed by atoms with E-state index < -0.39 is 34.9 Å². The topological polar surface area (TPSA) is 250 Å². The number of hydrogen-bond donors (Lipinski definition) is 7. The number of piperidine rings is 9. The molecular weight excluding hydrogens is 1690 g/mol. The number of fused-ring (bicyclic) bond motifs is 9. The van der Waals surface area contributed by atoms with Gasteiger partial charge in [0.1, 0.15) is 24.0 Å². The molecule has 9 aliphatic rings. The number of hydrogen-bond acceptors (Lipinski definition) is 15. The van der Waals surface area contributed by atoms with E-state index >= 15 is 0 Å². The van der Waals surface area contributed by atoms with Crippen molar-refractivity contribution >= 4 is 136 Å². The van der Waals surface area contributed by atoms with Gasteiger partial charge in [-0.1, -0.05) is 260 Å². The first-order chi connectivity index (χ1) is 56.6. The zero-order valence-corrected chi connectivity index (χ0v) is 70.8. The number of quaternary nitrogens is 1. The van der Waals surface area contributed by atoms with Crippen LogP contribution in [0, 0.1) is 17.8 Å². The number of carbonyl (C=O) groups excluding carboxylic acids is 4. The van der Waals surface area contributed by atoms with Gasteiger partial charge >= 0.3 is 23.9 Å². The van der Waals surface area contributed by atoms with E-state index in [1.54, 1.807) is 72.8 Å². The lowest BCUT2D eigenvalue weighted by Crippen LogP contribution is -2.65. The van der Waals surface area contributed by atoms with Gasteiger partial charge in [0.15, 0.2) is 30.0 Å². The van der Waals surface area contributed by atoms with Gasteiger partial charge in [0.05, 0.1) is 24.5 Å². The maximum atomic E-state index is 13.5. The molecule has 0 aromatic heterocycles. The van der Waals surface area contributed by atoms with Crippen molar-refractivity contribution in [3.63, 3.8) is 0 Å². The molecule has 19 rings (SSSR count). The number of alkyl halides is 2. The van der Waals surface area contributed by atoms with Gasteiger partial charge in [0.25, 0.3) is 0 Å². The molecule has 6 bridgehead atoms. The van der Waals surface area contributed by atoms with Gasteiger partial charge in [0, 0.05) is 85.8 Å². The smallest absolute Gasteiger partial charge is 0.333 e. The molecule has 7 atom stereocenters. The van der Waals surface area contributed by atoms with Gasteiger partial charge in [-0.3, -0.25) is 19.3 Å². The minimum atomic E-state index is -0.929. The number of carboxylic acids is 2. The minimum Gasteiger partial charge on any atom is -0.480 e. The zero-order valence-electron chi connectivity index (χ0n) is 64.6. The first-order valence-electron chi connectivity index (χ1n) is 39.1. The number of ketones is 2. The number of carboxylic acid groups (broad SMARTS) is 2. The number of Topliss-reactive ketones (excluding diaryl/α,β-unsaturated/α-hetero) is 2. The monoisotopic (exact) mass is 1790 g/mol. The van der Waals surface area contributed by atoms with E-state index in [9.17, 15) is 39.0 Å². The van der Waals surface area contributed by atoms with Gasteiger partial charge in [-0.25, -0.2) is 14.4 Å². The Hall–Kier alpha value is -9.42. The number of aliphatic carboxylic acids is 2. The van der Waals surface area contributed by atoms with Crippen LogP contribution < -0.4 is 21.7 Å². The van der Waals surface area contributed by atoms with Gasteiger partial charge in [0.2, 0.25) is 5.78 Å². The van der Waals surface area contributed by atoms with Gasteiger partial charge < -0.3 is 55.9 Å². The second-order valence-electron chi connectivity index (χ2n) is 29.5. The van der Waals surface area contributed by atoms with E-state index in [0.29, 0.717) is 71.9 Å². The number of esters is 2. The van der Waals surface area contributed by atoms with Crippen molar-refractivity contribution < 1.29 is 58.0 Å². The Bertz CT molecular complexity index is 4700. The molecule has 0 saturated carbocycles. The van der Waals surface area contributed by atoms with E-state index in [0.717, 1.165) is 110 Å². The Morgan fingerprint density at radius 2 is 0.752 bits per heavy atom. The molecule has 8 N–H and O–H groups in total. The van der Waals surface area contributed by atoms with Crippen molar-refractivity contribution in [3.05, 3.63) is 333 Å².